The summed E-state index contributed by atoms with van der Waals surface area (Å²) in [7, 11) is 0. The summed E-state index contributed by atoms with van der Waals surface area (Å²) < 4.78 is 0. The van der Waals surface area contributed by atoms with Gasteiger partial charge in [-0.25, -0.2) is 0 Å². The van der Waals surface area contributed by atoms with Crippen LogP contribution in [0.25, 0.3) is 0 Å². The van der Waals surface area contributed by atoms with E-state index in [1.54, 1.807) is 18.2 Å². The molecule has 3 rings (SSSR count). The predicted octanol–water partition coefficient (Wildman–Crippen LogP) is 2.74. The van der Waals surface area contributed by atoms with E-state index >= 15 is 0 Å². The van der Waals surface area contributed by atoms with Crippen molar-refractivity contribution in [1.82, 2.24) is 15.5 Å². The Morgan fingerprint density at radius 2 is 1.88 bits per heavy atom. The third-order valence-electron chi connectivity index (χ3n) is 3.92. The average molecular weight is 323 g/mol. The van der Waals surface area contributed by atoms with E-state index in [0.717, 1.165) is 18.8 Å². The van der Waals surface area contributed by atoms with Crippen LogP contribution in [0, 0.1) is 0 Å². The summed E-state index contributed by atoms with van der Waals surface area (Å²) in [4.78, 5) is 14.1. The first-order chi connectivity index (χ1) is 11.8. The first kappa shape index (κ1) is 16.0. The van der Waals surface area contributed by atoms with Crippen LogP contribution in [0.3, 0.4) is 0 Å². The summed E-state index contributed by atoms with van der Waals surface area (Å²) in [6, 6.07) is 11.7. The van der Waals surface area contributed by atoms with Crippen LogP contribution < -0.4 is 15.5 Å². The summed E-state index contributed by atoms with van der Waals surface area (Å²) in [5, 5.41) is 13.8. The number of rotatable bonds is 6. The SMILES string of the molecule is C=CCNC(=O)c1ccc(Nc2ccc(N3CCCC3)cc2)nn1. The van der Waals surface area contributed by atoms with Gasteiger partial charge in [-0.3, -0.25) is 4.79 Å². The zero-order valence-corrected chi connectivity index (χ0v) is 13.5. The van der Waals surface area contributed by atoms with E-state index in [9.17, 15) is 4.79 Å². The van der Waals surface area contributed by atoms with Crippen molar-refractivity contribution < 1.29 is 4.79 Å². The molecular weight excluding hydrogens is 302 g/mol. The van der Waals surface area contributed by atoms with E-state index in [1.165, 1.54) is 18.5 Å². The molecular formula is C18H21N5O. The Bertz CT molecular complexity index is 690. The highest BCUT2D eigenvalue weighted by Crippen LogP contribution is 2.23. The molecule has 0 saturated carbocycles. The van der Waals surface area contributed by atoms with Crippen molar-refractivity contribution in [3.05, 3.63) is 54.7 Å². The van der Waals surface area contributed by atoms with Crippen LogP contribution in [0.5, 0.6) is 0 Å². The number of aromatic nitrogens is 2. The number of nitrogens with zero attached hydrogens (tertiary/aromatic N) is 3. The molecule has 0 radical (unpaired) electrons. The highest BCUT2D eigenvalue weighted by atomic mass is 16.1. The minimum atomic E-state index is -0.260. The highest BCUT2D eigenvalue weighted by molar-refractivity contribution is 5.92. The molecule has 6 nitrogen and oxygen atoms in total. The Morgan fingerprint density at radius 3 is 2.50 bits per heavy atom. The molecule has 1 aliphatic heterocycles. The van der Waals surface area contributed by atoms with Gasteiger partial charge in [0, 0.05) is 31.0 Å². The smallest absolute Gasteiger partial charge is 0.272 e. The normalized spacial score (nSPS) is 13.6. The summed E-state index contributed by atoms with van der Waals surface area (Å²) in [5.74, 6) is 0.341. The van der Waals surface area contributed by atoms with E-state index in [0.29, 0.717) is 12.4 Å². The number of carbonyl (C=O) groups is 1. The fourth-order valence-electron chi connectivity index (χ4n) is 2.65. The predicted molar refractivity (Wildman–Crippen MR) is 95.7 cm³/mol. The molecule has 124 valence electrons. The van der Waals surface area contributed by atoms with Crippen LogP contribution in [0.2, 0.25) is 0 Å². The van der Waals surface area contributed by atoms with Crippen LogP contribution in [-0.2, 0) is 0 Å². The molecule has 2 heterocycles. The zero-order chi connectivity index (χ0) is 16.8. The summed E-state index contributed by atoms with van der Waals surface area (Å²) in [5.41, 5.74) is 2.47. The monoisotopic (exact) mass is 323 g/mol. The van der Waals surface area contributed by atoms with Crippen LogP contribution in [0.4, 0.5) is 17.2 Å². The molecule has 1 saturated heterocycles. The maximum Gasteiger partial charge on any atom is 0.272 e. The molecule has 2 N–H and O–H groups in total. The molecule has 0 atom stereocenters. The highest BCUT2D eigenvalue weighted by Gasteiger charge is 2.12. The Morgan fingerprint density at radius 1 is 1.12 bits per heavy atom. The number of nitrogens with one attached hydrogen (secondary N) is 2. The maximum absolute atomic E-state index is 11.8. The molecule has 1 aromatic heterocycles. The quantitative estimate of drug-likeness (QED) is 0.800. The van der Waals surface area contributed by atoms with E-state index in [2.05, 4.69) is 44.4 Å². The van der Waals surface area contributed by atoms with Crippen LogP contribution in [0.15, 0.2) is 49.1 Å². The molecule has 1 aromatic carbocycles. The lowest BCUT2D eigenvalue weighted by Gasteiger charge is -2.17. The molecule has 6 heteroatoms. The molecule has 1 aliphatic rings. The van der Waals surface area contributed by atoms with Crippen molar-refractivity contribution in [1.29, 1.82) is 0 Å². The number of carbonyl (C=O) groups excluding carboxylic acids is 1. The molecule has 1 fully saturated rings. The van der Waals surface area contributed by atoms with Gasteiger partial charge < -0.3 is 15.5 Å². The van der Waals surface area contributed by atoms with Gasteiger partial charge >= 0.3 is 0 Å². The van der Waals surface area contributed by atoms with Crippen LogP contribution >= 0.6 is 0 Å². The van der Waals surface area contributed by atoms with Crippen molar-refractivity contribution in [2.45, 2.75) is 12.8 Å². The Labute approximate surface area is 141 Å². The Kier molecular flexibility index (Phi) is 5.05. The summed E-state index contributed by atoms with van der Waals surface area (Å²) in [6.45, 7) is 6.23. The van der Waals surface area contributed by atoms with Gasteiger partial charge in [0.25, 0.3) is 5.91 Å². The first-order valence-electron chi connectivity index (χ1n) is 8.11. The molecule has 1 amide bonds. The Hall–Kier alpha value is -2.89. The number of hydrogen-bond donors (Lipinski definition) is 2. The fraction of sp³-hybridized carbons (Fsp3) is 0.278. The van der Waals surface area contributed by atoms with E-state index in [4.69, 9.17) is 0 Å². The van der Waals surface area contributed by atoms with E-state index in [-0.39, 0.29) is 11.6 Å². The van der Waals surface area contributed by atoms with Crippen molar-refractivity contribution in [2.75, 3.05) is 29.9 Å². The lowest BCUT2D eigenvalue weighted by molar-refractivity contribution is 0.0952. The van der Waals surface area contributed by atoms with Gasteiger partial charge in [0.1, 0.15) is 0 Å². The largest absolute Gasteiger partial charge is 0.372 e. The fourth-order valence-corrected chi connectivity index (χ4v) is 2.65. The van der Waals surface area contributed by atoms with Crippen molar-refractivity contribution in [2.24, 2.45) is 0 Å². The molecule has 0 bridgehead atoms. The topological polar surface area (TPSA) is 70.2 Å². The standard InChI is InChI=1S/C18H21N5O/c1-2-11-19-18(24)16-9-10-17(22-21-16)20-14-5-7-15(8-6-14)23-12-3-4-13-23/h2,5-10H,1,3-4,11-13H2,(H,19,24)(H,20,22). The first-order valence-corrected chi connectivity index (χ1v) is 8.11. The van der Waals surface area contributed by atoms with Gasteiger partial charge in [-0.15, -0.1) is 16.8 Å². The maximum atomic E-state index is 11.8. The molecule has 24 heavy (non-hydrogen) atoms. The second kappa shape index (κ2) is 7.59. The summed E-state index contributed by atoms with van der Waals surface area (Å²) >= 11 is 0. The summed E-state index contributed by atoms with van der Waals surface area (Å²) in [6.07, 6.45) is 4.15. The molecule has 2 aromatic rings. The van der Waals surface area contributed by atoms with Crippen LogP contribution in [-0.4, -0.2) is 35.7 Å². The zero-order valence-electron chi connectivity index (χ0n) is 13.5. The van der Waals surface area contributed by atoms with Gasteiger partial charge in [-0.1, -0.05) is 6.08 Å². The van der Waals surface area contributed by atoms with Crippen molar-refractivity contribution in [3.8, 4) is 0 Å². The second-order valence-electron chi connectivity index (χ2n) is 5.67. The Balaban J connectivity index is 1.61. The second-order valence-corrected chi connectivity index (χ2v) is 5.67. The van der Waals surface area contributed by atoms with Crippen molar-refractivity contribution in [3.63, 3.8) is 0 Å². The minimum Gasteiger partial charge on any atom is -0.372 e. The van der Waals surface area contributed by atoms with Gasteiger partial charge in [0.2, 0.25) is 0 Å². The number of hydrogen-bond acceptors (Lipinski definition) is 5. The van der Waals surface area contributed by atoms with Crippen LogP contribution in [0.1, 0.15) is 23.3 Å². The van der Waals surface area contributed by atoms with Gasteiger partial charge in [-0.2, -0.15) is 0 Å². The minimum absolute atomic E-state index is 0.260. The van der Waals surface area contributed by atoms with Crippen molar-refractivity contribution >= 4 is 23.1 Å². The van der Waals surface area contributed by atoms with E-state index in [1.807, 2.05) is 12.1 Å². The molecule has 0 unspecified atom stereocenters. The van der Waals surface area contributed by atoms with Gasteiger partial charge in [0.15, 0.2) is 11.5 Å². The molecule has 0 aliphatic carbocycles. The van der Waals surface area contributed by atoms with Gasteiger partial charge in [-0.05, 0) is 49.2 Å². The average Bonchev–Trinajstić information content (AvgIpc) is 3.15. The number of benzene rings is 1. The van der Waals surface area contributed by atoms with Gasteiger partial charge in [0.05, 0.1) is 0 Å². The van der Waals surface area contributed by atoms with E-state index < -0.39 is 0 Å². The molecule has 0 spiro atoms. The lowest BCUT2D eigenvalue weighted by atomic mass is 10.2. The third kappa shape index (κ3) is 3.90. The number of amides is 1. The number of anilines is 3. The lowest BCUT2D eigenvalue weighted by Crippen LogP contribution is -2.24. The third-order valence-corrected chi connectivity index (χ3v) is 3.92.